The van der Waals surface area contributed by atoms with Gasteiger partial charge in [-0.1, -0.05) is 5.16 Å². The minimum Gasteiger partial charge on any atom is -0.492 e. The molecule has 7 heteroatoms. The minimum absolute atomic E-state index is 0.282. The van der Waals surface area contributed by atoms with Crippen molar-refractivity contribution < 1.29 is 13.7 Å². The lowest BCUT2D eigenvalue weighted by Crippen LogP contribution is -2.25. The van der Waals surface area contributed by atoms with Crippen LogP contribution in [-0.2, 0) is 0 Å². The van der Waals surface area contributed by atoms with E-state index in [2.05, 4.69) is 15.1 Å². The maximum atomic E-state index is 12.8. The van der Waals surface area contributed by atoms with E-state index in [0.29, 0.717) is 24.6 Å². The summed E-state index contributed by atoms with van der Waals surface area (Å²) in [6, 6.07) is 5.94. The number of halogens is 1. The van der Waals surface area contributed by atoms with Gasteiger partial charge in [0.05, 0.1) is 12.2 Å². The molecule has 0 radical (unpaired) electrons. The van der Waals surface area contributed by atoms with Gasteiger partial charge in [0.15, 0.2) is 0 Å². The van der Waals surface area contributed by atoms with Crippen LogP contribution >= 0.6 is 0 Å². The van der Waals surface area contributed by atoms with Gasteiger partial charge in [-0.2, -0.15) is 4.98 Å². The van der Waals surface area contributed by atoms with Crippen molar-refractivity contribution in [2.75, 3.05) is 25.1 Å². The molecule has 0 aliphatic heterocycles. The zero-order valence-electron chi connectivity index (χ0n) is 12.3. The van der Waals surface area contributed by atoms with E-state index in [1.165, 1.54) is 18.5 Å². The van der Waals surface area contributed by atoms with Gasteiger partial charge in [-0.15, -0.1) is 0 Å². The molecule has 1 aromatic carbocycles. The smallest absolute Gasteiger partial charge is 0.263 e. The predicted molar refractivity (Wildman–Crippen MR) is 79.5 cm³/mol. The van der Waals surface area contributed by atoms with Gasteiger partial charge < -0.3 is 14.2 Å². The molecule has 3 rings (SSSR count). The van der Waals surface area contributed by atoms with Gasteiger partial charge in [0.2, 0.25) is 0 Å². The number of nitrogens with zero attached hydrogens (tertiary/aromatic N) is 4. The second kappa shape index (κ2) is 5.97. The summed E-state index contributed by atoms with van der Waals surface area (Å²) in [5, 5.41) is 4.70. The second-order valence-electron chi connectivity index (χ2n) is 4.87. The van der Waals surface area contributed by atoms with Crippen LogP contribution in [0.1, 0.15) is 5.69 Å². The molecule has 0 spiro atoms. The third-order valence-corrected chi connectivity index (χ3v) is 3.29. The third-order valence-electron chi connectivity index (χ3n) is 3.29. The van der Waals surface area contributed by atoms with Crippen molar-refractivity contribution >= 4 is 16.9 Å². The van der Waals surface area contributed by atoms with Crippen molar-refractivity contribution in [2.45, 2.75) is 6.92 Å². The quantitative estimate of drug-likeness (QED) is 0.722. The summed E-state index contributed by atoms with van der Waals surface area (Å²) in [4.78, 5) is 10.3. The molecule has 0 saturated heterocycles. The summed E-state index contributed by atoms with van der Waals surface area (Å²) in [7, 11) is 1.90. The molecule has 2 heterocycles. The Bertz CT molecular complexity index is 773. The minimum atomic E-state index is -0.282. The molecule has 2 aromatic heterocycles. The first-order chi connectivity index (χ1) is 10.6. The Morgan fingerprint density at radius 1 is 1.23 bits per heavy atom. The van der Waals surface area contributed by atoms with Gasteiger partial charge in [-0.3, -0.25) is 0 Å². The molecule has 0 N–H and O–H groups in total. The Balaban J connectivity index is 1.67. The van der Waals surface area contributed by atoms with Crippen LogP contribution in [0.2, 0.25) is 0 Å². The largest absolute Gasteiger partial charge is 0.492 e. The average molecular weight is 302 g/mol. The summed E-state index contributed by atoms with van der Waals surface area (Å²) in [6.07, 6.45) is 1.44. The molecule has 0 amide bonds. The van der Waals surface area contributed by atoms with Gasteiger partial charge in [0, 0.05) is 7.05 Å². The van der Waals surface area contributed by atoms with Crippen LogP contribution in [0.25, 0.3) is 11.1 Å². The highest BCUT2D eigenvalue weighted by Crippen LogP contribution is 2.24. The van der Waals surface area contributed by atoms with Crippen molar-refractivity contribution in [3.8, 4) is 5.75 Å². The number of anilines is 1. The van der Waals surface area contributed by atoms with E-state index in [4.69, 9.17) is 9.26 Å². The summed E-state index contributed by atoms with van der Waals surface area (Å²) < 4.78 is 23.5. The van der Waals surface area contributed by atoms with Crippen molar-refractivity contribution in [3.05, 3.63) is 42.1 Å². The highest BCUT2D eigenvalue weighted by atomic mass is 19.1. The fourth-order valence-corrected chi connectivity index (χ4v) is 2.13. The van der Waals surface area contributed by atoms with Crippen molar-refractivity contribution in [1.82, 2.24) is 15.1 Å². The standard InChI is InChI=1S/C15H15FN4O2/c1-10-13-14(17-9-18-15(13)22-19-10)20(2)7-8-21-12-5-3-11(16)4-6-12/h3-6,9H,7-8H2,1-2H3. The third kappa shape index (κ3) is 2.83. The molecule has 0 saturated carbocycles. The number of hydrogen-bond donors (Lipinski definition) is 0. The van der Waals surface area contributed by atoms with Crippen LogP contribution in [0.15, 0.2) is 35.1 Å². The van der Waals surface area contributed by atoms with Gasteiger partial charge in [-0.25, -0.2) is 9.37 Å². The SMILES string of the molecule is Cc1noc2ncnc(N(C)CCOc3ccc(F)cc3)c12. The Morgan fingerprint density at radius 2 is 2.00 bits per heavy atom. The molecule has 114 valence electrons. The first kappa shape index (κ1) is 14.2. The topological polar surface area (TPSA) is 64.3 Å². The molecule has 22 heavy (non-hydrogen) atoms. The number of likely N-dealkylation sites (N-methyl/N-ethyl adjacent to an activating group) is 1. The Labute approximate surface area is 126 Å². The number of fused-ring (bicyclic) bond motifs is 1. The number of benzene rings is 1. The van der Waals surface area contributed by atoms with Crippen LogP contribution in [0.4, 0.5) is 10.2 Å². The van der Waals surface area contributed by atoms with Crippen LogP contribution in [0.3, 0.4) is 0 Å². The fraction of sp³-hybridized carbons (Fsp3) is 0.267. The lowest BCUT2D eigenvalue weighted by Gasteiger charge is -2.18. The maximum Gasteiger partial charge on any atom is 0.263 e. The molecular weight excluding hydrogens is 287 g/mol. The number of aromatic nitrogens is 3. The Hall–Kier alpha value is -2.70. The maximum absolute atomic E-state index is 12.8. The molecule has 0 bridgehead atoms. The lowest BCUT2D eigenvalue weighted by molar-refractivity contribution is 0.325. The summed E-state index contributed by atoms with van der Waals surface area (Å²) >= 11 is 0. The molecule has 6 nitrogen and oxygen atoms in total. The van der Waals surface area contributed by atoms with Crippen LogP contribution in [0.5, 0.6) is 5.75 Å². The van der Waals surface area contributed by atoms with E-state index in [9.17, 15) is 4.39 Å². The summed E-state index contributed by atoms with van der Waals surface area (Å²) in [5.74, 6) is 1.09. The van der Waals surface area contributed by atoms with E-state index in [-0.39, 0.29) is 5.82 Å². The van der Waals surface area contributed by atoms with E-state index in [1.54, 1.807) is 12.1 Å². The van der Waals surface area contributed by atoms with Gasteiger partial charge in [0.1, 0.15) is 35.7 Å². The van der Waals surface area contributed by atoms with Gasteiger partial charge >= 0.3 is 0 Å². The molecule has 3 aromatic rings. The Kier molecular flexibility index (Phi) is 3.86. The molecule has 0 aliphatic rings. The lowest BCUT2D eigenvalue weighted by atomic mass is 10.3. The number of aryl methyl sites for hydroxylation is 1. The Morgan fingerprint density at radius 3 is 2.77 bits per heavy atom. The number of rotatable bonds is 5. The highest BCUT2D eigenvalue weighted by molar-refractivity contribution is 5.87. The first-order valence-corrected chi connectivity index (χ1v) is 6.81. The van der Waals surface area contributed by atoms with E-state index in [1.807, 2.05) is 18.9 Å². The van der Waals surface area contributed by atoms with Gasteiger partial charge in [0.25, 0.3) is 5.71 Å². The number of hydrogen-bond acceptors (Lipinski definition) is 6. The fourth-order valence-electron chi connectivity index (χ4n) is 2.13. The zero-order chi connectivity index (χ0) is 15.5. The normalized spacial score (nSPS) is 10.9. The van der Waals surface area contributed by atoms with Crippen LogP contribution in [0, 0.1) is 12.7 Å². The molecule has 0 unspecified atom stereocenters. The van der Waals surface area contributed by atoms with Crippen molar-refractivity contribution in [3.63, 3.8) is 0 Å². The van der Waals surface area contributed by atoms with E-state index < -0.39 is 0 Å². The molecule has 0 atom stereocenters. The number of ether oxygens (including phenoxy) is 1. The monoisotopic (exact) mass is 302 g/mol. The zero-order valence-corrected chi connectivity index (χ0v) is 12.3. The summed E-state index contributed by atoms with van der Waals surface area (Å²) in [5.41, 5.74) is 1.21. The van der Waals surface area contributed by atoms with Crippen LogP contribution < -0.4 is 9.64 Å². The molecular formula is C15H15FN4O2. The molecule has 0 aliphatic carbocycles. The summed E-state index contributed by atoms with van der Waals surface area (Å²) in [6.45, 7) is 2.90. The predicted octanol–water partition coefficient (Wildman–Crippen LogP) is 2.58. The second-order valence-corrected chi connectivity index (χ2v) is 4.87. The van der Waals surface area contributed by atoms with E-state index >= 15 is 0 Å². The van der Waals surface area contributed by atoms with Gasteiger partial charge in [-0.05, 0) is 31.2 Å². The van der Waals surface area contributed by atoms with Crippen molar-refractivity contribution in [1.29, 1.82) is 0 Å². The average Bonchev–Trinajstić information content (AvgIpc) is 2.91. The van der Waals surface area contributed by atoms with Crippen molar-refractivity contribution in [2.24, 2.45) is 0 Å². The van der Waals surface area contributed by atoms with Crippen LogP contribution in [-0.4, -0.2) is 35.3 Å². The van der Waals surface area contributed by atoms with E-state index in [0.717, 1.165) is 16.9 Å². The highest BCUT2D eigenvalue weighted by Gasteiger charge is 2.15. The molecule has 0 fully saturated rings. The first-order valence-electron chi connectivity index (χ1n) is 6.81.